The normalized spacial score (nSPS) is 11.4. The largest absolute Gasteiger partial charge is 0.298 e. The fraction of sp³-hybridized carbons (Fsp3) is 0.0909. The smallest absolute Gasteiger partial charge is 0.185 e. The van der Waals surface area contributed by atoms with Gasteiger partial charge in [-0.3, -0.25) is 4.79 Å². The first-order chi connectivity index (χ1) is 7.81. The molecule has 5 nitrogen and oxygen atoms in total. The van der Waals surface area contributed by atoms with E-state index in [1.807, 2.05) is 30.3 Å². The Morgan fingerprint density at radius 3 is 2.62 bits per heavy atom. The number of allylic oxidation sites excluding steroid dienone is 1. The average molecular weight is 214 g/mol. The lowest BCUT2D eigenvalue weighted by atomic mass is 10.1. The maximum atomic E-state index is 11.0. The van der Waals surface area contributed by atoms with Gasteiger partial charge in [0.2, 0.25) is 0 Å². The Kier molecular flexibility index (Phi) is 2.86. The molecule has 0 N–H and O–H groups in total. The van der Waals surface area contributed by atoms with Gasteiger partial charge in [0.15, 0.2) is 12.1 Å². The molecular formula is C11H10N4O. The zero-order valence-electron chi connectivity index (χ0n) is 8.74. The van der Waals surface area contributed by atoms with Crippen LogP contribution < -0.4 is 0 Å². The molecule has 0 saturated carbocycles. The van der Waals surface area contributed by atoms with Gasteiger partial charge in [-0.1, -0.05) is 30.3 Å². The number of nitrogens with zero attached hydrogens (tertiary/aromatic N) is 4. The molecule has 0 unspecified atom stereocenters. The maximum absolute atomic E-state index is 11.0. The molecule has 0 aliphatic heterocycles. The van der Waals surface area contributed by atoms with Crippen LogP contribution in [0.1, 0.15) is 11.4 Å². The third-order valence-electron chi connectivity index (χ3n) is 2.13. The van der Waals surface area contributed by atoms with E-state index in [0.717, 1.165) is 11.8 Å². The lowest BCUT2D eigenvalue weighted by Crippen LogP contribution is -1.99. The molecule has 2 rings (SSSR count). The van der Waals surface area contributed by atoms with Gasteiger partial charge in [-0.2, -0.15) is 0 Å². The van der Waals surface area contributed by atoms with E-state index in [-0.39, 0.29) is 0 Å². The predicted molar refractivity (Wildman–Crippen MR) is 59.2 cm³/mol. The summed E-state index contributed by atoms with van der Waals surface area (Å²) in [6.07, 6.45) is 2.50. The summed E-state index contributed by atoms with van der Waals surface area (Å²) in [6.45, 7) is 0. The average Bonchev–Trinajstić information content (AvgIpc) is 2.74. The molecule has 0 atom stereocenters. The molecule has 16 heavy (non-hydrogen) atoms. The van der Waals surface area contributed by atoms with Crippen LogP contribution in [0.3, 0.4) is 0 Å². The molecule has 2 aromatic rings. The molecule has 5 heteroatoms. The van der Waals surface area contributed by atoms with E-state index in [4.69, 9.17) is 0 Å². The molecule has 1 aromatic carbocycles. The number of aromatic nitrogens is 4. The van der Waals surface area contributed by atoms with E-state index < -0.39 is 0 Å². The van der Waals surface area contributed by atoms with Crippen molar-refractivity contribution >= 4 is 17.9 Å². The Balaban J connectivity index is 2.41. The van der Waals surface area contributed by atoms with Gasteiger partial charge in [-0.05, 0) is 22.1 Å². The van der Waals surface area contributed by atoms with E-state index in [1.54, 1.807) is 13.1 Å². The molecule has 0 bridgehead atoms. The highest BCUT2D eigenvalue weighted by atomic mass is 16.1. The van der Waals surface area contributed by atoms with Crippen LogP contribution in [-0.2, 0) is 11.8 Å². The predicted octanol–water partition coefficient (Wildman–Crippen LogP) is 0.950. The molecule has 0 fully saturated rings. The van der Waals surface area contributed by atoms with Crippen molar-refractivity contribution in [2.45, 2.75) is 0 Å². The molecule has 80 valence electrons. The van der Waals surface area contributed by atoms with Gasteiger partial charge in [0.1, 0.15) is 0 Å². The molecule has 0 amide bonds. The van der Waals surface area contributed by atoms with E-state index in [0.29, 0.717) is 11.4 Å². The zero-order chi connectivity index (χ0) is 11.4. The molecule has 1 heterocycles. The van der Waals surface area contributed by atoms with Gasteiger partial charge >= 0.3 is 0 Å². The third kappa shape index (κ3) is 2.03. The van der Waals surface area contributed by atoms with Crippen LogP contribution in [0, 0.1) is 0 Å². The molecular weight excluding hydrogens is 204 g/mol. The number of aryl methyl sites for hydroxylation is 1. The summed E-state index contributed by atoms with van der Waals surface area (Å²) in [4.78, 5) is 11.0. The number of aldehydes is 1. The summed E-state index contributed by atoms with van der Waals surface area (Å²) in [5.74, 6) is 0.457. The van der Waals surface area contributed by atoms with Crippen LogP contribution in [0.5, 0.6) is 0 Å². The third-order valence-corrected chi connectivity index (χ3v) is 2.13. The highest BCUT2D eigenvalue weighted by Crippen LogP contribution is 2.12. The van der Waals surface area contributed by atoms with Crippen molar-refractivity contribution in [2.24, 2.45) is 7.05 Å². The number of benzene rings is 1. The second-order valence-electron chi connectivity index (χ2n) is 3.25. The summed E-state index contributed by atoms with van der Waals surface area (Å²) in [6, 6.07) is 9.55. The van der Waals surface area contributed by atoms with Gasteiger partial charge in [0.25, 0.3) is 0 Å². The van der Waals surface area contributed by atoms with Gasteiger partial charge in [0.05, 0.1) is 5.57 Å². The monoisotopic (exact) mass is 214 g/mol. The van der Waals surface area contributed by atoms with Gasteiger partial charge < -0.3 is 0 Å². The number of carbonyl (C=O) groups excluding carboxylic acids is 1. The lowest BCUT2D eigenvalue weighted by molar-refractivity contribution is -0.103. The number of tetrazole rings is 1. The van der Waals surface area contributed by atoms with E-state index in [2.05, 4.69) is 15.5 Å². The van der Waals surface area contributed by atoms with Crippen molar-refractivity contribution in [3.05, 3.63) is 41.7 Å². The number of rotatable bonds is 3. The van der Waals surface area contributed by atoms with Crippen LogP contribution >= 0.6 is 0 Å². The number of carbonyl (C=O) groups is 1. The fourth-order valence-electron chi connectivity index (χ4n) is 1.35. The first-order valence-corrected chi connectivity index (χ1v) is 4.76. The maximum Gasteiger partial charge on any atom is 0.185 e. The summed E-state index contributed by atoms with van der Waals surface area (Å²) in [5, 5.41) is 11.0. The van der Waals surface area contributed by atoms with E-state index in [9.17, 15) is 4.79 Å². The Hall–Kier alpha value is -2.30. The topological polar surface area (TPSA) is 60.7 Å². The van der Waals surface area contributed by atoms with Crippen molar-refractivity contribution in [3.63, 3.8) is 0 Å². The quantitative estimate of drug-likeness (QED) is 0.563. The summed E-state index contributed by atoms with van der Waals surface area (Å²) >= 11 is 0. The molecule has 0 aliphatic rings. The van der Waals surface area contributed by atoms with Crippen LogP contribution in [0.15, 0.2) is 30.3 Å². The zero-order valence-corrected chi connectivity index (χ0v) is 8.74. The van der Waals surface area contributed by atoms with Crippen LogP contribution in [-0.4, -0.2) is 26.5 Å². The van der Waals surface area contributed by atoms with E-state index >= 15 is 0 Å². The van der Waals surface area contributed by atoms with Crippen molar-refractivity contribution in [1.29, 1.82) is 0 Å². The van der Waals surface area contributed by atoms with Crippen molar-refractivity contribution < 1.29 is 4.79 Å². The SMILES string of the molecule is Cn1nnnc1C(C=O)=Cc1ccccc1. The number of hydrogen-bond acceptors (Lipinski definition) is 4. The summed E-state index contributed by atoms with van der Waals surface area (Å²) in [5.41, 5.74) is 1.39. The Labute approximate surface area is 92.4 Å². The molecule has 0 saturated heterocycles. The van der Waals surface area contributed by atoms with Crippen molar-refractivity contribution in [1.82, 2.24) is 20.2 Å². The summed E-state index contributed by atoms with van der Waals surface area (Å²) in [7, 11) is 1.69. The second-order valence-corrected chi connectivity index (χ2v) is 3.25. The van der Waals surface area contributed by atoms with Gasteiger partial charge in [-0.15, -0.1) is 5.10 Å². The van der Waals surface area contributed by atoms with E-state index in [1.165, 1.54) is 4.68 Å². The van der Waals surface area contributed by atoms with Crippen LogP contribution in [0.2, 0.25) is 0 Å². The molecule has 0 spiro atoms. The molecule has 0 aliphatic carbocycles. The lowest BCUT2D eigenvalue weighted by Gasteiger charge is -1.97. The van der Waals surface area contributed by atoms with Crippen LogP contribution in [0.25, 0.3) is 11.6 Å². The fourth-order valence-corrected chi connectivity index (χ4v) is 1.35. The minimum absolute atomic E-state index is 0.457. The highest BCUT2D eigenvalue weighted by Gasteiger charge is 2.07. The highest BCUT2D eigenvalue weighted by molar-refractivity contribution is 6.11. The van der Waals surface area contributed by atoms with Crippen molar-refractivity contribution in [3.8, 4) is 0 Å². The second kappa shape index (κ2) is 4.48. The molecule has 0 radical (unpaired) electrons. The van der Waals surface area contributed by atoms with Gasteiger partial charge in [-0.25, -0.2) is 4.68 Å². The van der Waals surface area contributed by atoms with Crippen molar-refractivity contribution in [2.75, 3.05) is 0 Å². The Morgan fingerprint density at radius 2 is 2.06 bits per heavy atom. The van der Waals surface area contributed by atoms with Crippen LogP contribution in [0.4, 0.5) is 0 Å². The minimum atomic E-state index is 0.457. The van der Waals surface area contributed by atoms with Gasteiger partial charge in [0, 0.05) is 7.05 Å². The first-order valence-electron chi connectivity index (χ1n) is 4.76. The summed E-state index contributed by atoms with van der Waals surface area (Å²) < 4.78 is 1.46. The molecule has 1 aromatic heterocycles. The Morgan fingerprint density at radius 1 is 1.31 bits per heavy atom. The number of hydrogen-bond donors (Lipinski definition) is 0. The minimum Gasteiger partial charge on any atom is -0.298 e. The first kappa shape index (κ1) is 10.2. The standard InChI is InChI=1S/C11H10N4O/c1-15-11(12-13-14-15)10(8-16)7-9-5-3-2-4-6-9/h2-8H,1H3. The Bertz CT molecular complexity index is 516.